The molecule has 1 aliphatic rings. The van der Waals surface area contributed by atoms with Crippen molar-refractivity contribution in [1.82, 2.24) is 10.6 Å². The van der Waals surface area contributed by atoms with E-state index < -0.39 is 20.3 Å². The highest BCUT2D eigenvalue weighted by atomic mass is 32.2. The van der Waals surface area contributed by atoms with Crippen molar-refractivity contribution < 1.29 is 18.1 Å². The van der Waals surface area contributed by atoms with E-state index in [-0.39, 0.29) is 28.7 Å². The van der Waals surface area contributed by atoms with Crippen LogP contribution in [0.15, 0.2) is 23.1 Å². The Morgan fingerprint density at radius 2 is 2.12 bits per heavy atom. The van der Waals surface area contributed by atoms with E-state index in [2.05, 4.69) is 16.0 Å². The molecule has 1 aliphatic heterocycles. The van der Waals surface area contributed by atoms with E-state index in [0.29, 0.717) is 13.0 Å². The van der Waals surface area contributed by atoms with Crippen LogP contribution < -0.4 is 16.0 Å². The summed E-state index contributed by atoms with van der Waals surface area (Å²) in [6.07, 6.45) is 3.44. The van der Waals surface area contributed by atoms with Crippen molar-refractivity contribution in [3.8, 4) is 0 Å². The van der Waals surface area contributed by atoms with Crippen LogP contribution in [0.1, 0.15) is 26.2 Å². The van der Waals surface area contributed by atoms with Gasteiger partial charge >= 0.3 is 0 Å². The molecule has 0 saturated carbocycles. The van der Waals surface area contributed by atoms with Gasteiger partial charge in [0.05, 0.1) is 15.4 Å². The standard InChI is InChI=1S/C16H24N4O5S/c1-3-16(7-4-8-19-16)15(21)18-10-9-17-13-6-5-12(26(2,24)25)11-14(13)20(22)23/h5-6,11,17,19H,3-4,7-10H2,1-2H3,(H,18,21). The number of nitro benzene ring substituents is 1. The zero-order valence-corrected chi connectivity index (χ0v) is 15.7. The maximum atomic E-state index is 12.4. The Morgan fingerprint density at radius 3 is 2.65 bits per heavy atom. The van der Waals surface area contributed by atoms with Crippen LogP contribution in [0.2, 0.25) is 0 Å². The zero-order valence-electron chi connectivity index (χ0n) is 14.9. The van der Waals surface area contributed by atoms with Gasteiger partial charge in [-0.3, -0.25) is 14.9 Å². The molecule has 26 heavy (non-hydrogen) atoms. The number of amides is 1. The van der Waals surface area contributed by atoms with Crippen molar-refractivity contribution in [2.24, 2.45) is 0 Å². The number of carbonyl (C=O) groups excluding carboxylic acids is 1. The summed E-state index contributed by atoms with van der Waals surface area (Å²) in [6.45, 7) is 3.36. The number of benzene rings is 1. The van der Waals surface area contributed by atoms with E-state index in [1.165, 1.54) is 12.1 Å². The lowest BCUT2D eigenvalue weighted by atomic mass is 9.93. The molecule has 1 atom stereocenters. The van der Waals surface area contributed by atoms with Crippen molar-refractivity contribution in [2.75, 3.05) is 31.2 Å². The number of hydrogen-bond acceptors (Lipinski definition) is 7. The normalized spacial score (nSPS) is 19.9. The summed E-state index contributed by atoms with van der Waals surface area (Å²) in [5.74, 6) is -0.0683. The van der Waals surface area contributed by atoms with Gasteiger partial charge in [0, 0.05) is 25.4 Å². The van der Waals surface area contributed by atoms with Gasteiger partial charge in [-0.05, 0) is 37.9 Å². The summed E-state index contributed by atoms with van der Waals surface area (Å²) in [5, 5.41) is 20.2. The first-order chi connectivity index (χ1) is 12.2. The molecule has 9 nitrogen and oxygen atoms in total. The highest BCUT2D eigenvalue weighted by molar-refractivity contribution is 7.90. The SMILES string of the molecule is CCC1(C(=O)NCCNc2ccc(S(C)(=O)=O)cc2[N+](=O)[O-])CCCN1. The van der Waals surface area contributed by atoms with Crippen LogP contribution >= 0.6 is 0 Å². The number of sulfone groups is 1. The van der Waals surface area contributed by atoms with Crippen LogP contribution in [-0.2, 0) is 14.6 Å². The van der Waals surface area contributed by atoms with Gasteiger partial charge in [-0.15, -0.1) is 0 Å². The molecule has 3 N–H and O–H groups in total. The summed E-state index contributed by atoms with van der Waals surface area (Å²) < 4.78 is 23.1. The van der Waals surface area contributed by atoms with Crippen molar-refractivity contribution in [3.05, 3.63) is 28.3 Å². The van der Waals surface area contributed by atoms with Crippen LogP contribution in [0.25, 0.3) is 0 Å². The highest BCUT2D eigenvalue weighted by Gasteiger charge is 2.38. The molecular weight excluding hydrogens is 360 g/mol. The molecule has 0 radical (unpaired) electrons. The van der Waals surface area contributed by atoms with Crippen LogP contribution in [0.4, 0.5) is 11.4 Å². The maximum Gasteiger partial charge on any atom is 0.293 e. The Morgan fingerprint density at radius 1 is 1.38 bits per heavy atom. The molecule has 0 aromatic heterocycles. The molecule has 1 aromatic carbocycles. The minimum atomic E-state index is -3.53. The number of anilines is 1. The van der Waals surface area contributed by atoms with Gasteiger partial charge in [-0.25, -0.2) is 8.42 Å². The van der Waals surface area contributed by atoms with Gasteiger partial charge in [-0.2, -0.15) is 0 Å². The minimum absolute atomic E-state index is 0.0683. The van der Waals surface area contributed by atoms with Crippen molar-refractivity contribution in [1.29, 1.82) is 0 Å². The summed E-state index contributed by atoms with van der Waals surface area (Å²) >= 11 is 0. The first-order valence-electron chi connectivity index (χ1n) is 8.45. The Bertz CT molecular complexity index is 788. The first kappa shape index (κ1) is 20.1. The second-order valence-electron chi connectivity index (χ2n) is 6.36. The van der Waals surface area contributed by atoms with Crippen LogP contribution in [0.3, 0.4) is 0 Å². The van der Waals surface area contributed by atoms with Crippen molar-refractivity contribution >= 4 is 27.1 Å². The molecule has 1 heterocycles. The number of nitrogens with zero attached hydrogens (tertiary/aromatic N) is 1. The number of nitro groups is 1. The minimum Gasteiger partial charge on any atom is -0.378 e. The van der Waals surface area contributed by atoms with Gasteiger partial charge in [0.25, 0.3) is 5.69 Å². The molecule has 10 heteroatoms. The maximum absolute atomic E-state index is 12.4. The largest absolute Gasteiger partial charge is 0.378 e. The smallest absolute Gasteiger partial charge is 0.293 e. The monoisotopic (exact) mass is 384 g/mol. The second kappa shape index (κ2) is 8.00. The fourth-order valence-electron chi connectivity index (χ4n) is 3.05. The van der Waals surface area contributed by atoms with E-state index in [1.54, 1.807) is 0 Å². The zero-order chi connectivity index (χ0) is 19.4. The lowest BCUT2D eigenvalue weighted by Gasteiger charge is -2.26. The van der Waals surface area contributed by atoms with Crippen molar-refractivity contribution in [2.45, 2.75) is 36.6 Å². The number of carbonyl (C=O) groups is 1. The summed E-state index contributed by atoms with van der Waals surface area (Å²) in [4.78, 5) is 22.8. The van der Waals surface area contributed by atoms with E-state index in [1.807, 2.05) is 6.92 Å². The molecule has 1 saturated heterocycles. The Hall–Kier alpha value is -2.20. The summed E-state index contributed by atoms with van der Waals surface area (Å²) in [5.41, 5.74) is -0.633. The molecule has 0 spiro atoms. The molecule has 2 rings (SSSR count). The number of hydrogen-bond donors (Lipinski definition) is 3. The summed E-state index contributed by atoms with van der Waals surface area (Å²) in [6, 6.07) is 3.71. The fraction of sp³-hybridized carbons (Fsp3) is 0.562. The predicted octanol–water partition coefficient (Wildman–Crippen LogP) is 1.06. The van der Waals surface area contributed by atoms with Gasteiger partial charge in [-0.1, -0.05) is 6.92 Å². The Balaban J connectivity index is 1.97. The third-order valence-electron chi connectivity index (χ3n) is 4.60. The third kappa shape index (κ3) is 4.50. The van der Waals surface area contributed by atoms with Gasteiger partial charge < -0.3 is 16.0 Å². The Labute approximate surface area is 152 Å². The molecule has 144 valence electrons. The summed E-state index contributed by atoms with van der Waals surface area (Å²) in [7, 11) is -3.53. The number of rotatable bonds is 8. The van der Waals surface area contributed by atoms with E-state index in [4.69, 9.17) is 0 Å². The van der Waals surface area contributed by atoms with Crippen molar-refractivity contribution in [3.63, 3.8) is 0 Å². The number of nitrogens with one attached hydrogen (secondary N) is 3. The molecule has 0 bridgehead atoms. The van der Waals surface area contributed by atoms with Gasteiger partial charge in [0.15, 0.2) is 9.84 Å². The third-order valence-corrected chi connectivity index (χ3v) is 5.71. The average molecular weight is 384 g/mol. The Kier molecular flexibility index (Phi) is 6.19. The molecule has 1 aromatic rings. The van der Waals surface area contributed by atoms with E-state index >= 15 is 0 Å². The van der Waals surface area contributed by atoms with Crippen LogP contribution in [0.5, 0.6) is 0 Å². The first-order valence-corrected chi connectivity index (χ1v) is 10.3. The molecule has 1 amide bonds. The molecule has 1 fully saturated rings. The molecule has 1 unspecified atom stereocenters. The molecular formula is C16H24N4O5S. The second-order valence-corrected chi connectivity index (χ2v) is 8.37. The average Bonchev–Trinajstić information content (AvgIpc) is 3.07. The quantitative estimate of drug-likeness (QED) is 0.347. The van der Waals surface area contributed by atoms with Crippen LogP contribution in [0, 0.1) is 10.1 Å². The fourth-order valence-corrected chi connectivity index (χ4v) is 3.69. The molecule has 0 aliphatic carbocycles. The lowest BCUT2D eigenvalue weighted by Crippen LogP contribution is -2.53. The van der Waals surface area contributed by atoms with Gasteiger partial charge in [0.2, 0.25) is 5.91 Å². The van der Waals surface area contributed by atoms with Gasteiger partial charge in [0.1, 0.15) is 5.69 Å². The lowest BCUT2D eigenvalue weighted by molar-refractivity contribution is -0.384. The van der Waals surface area contributed by atoms with E-state index in [9.17, 15) is 23.3 Å². The van der Waals surface area contributed by atoms with Crippen LogP contribution in [-0.4, -0.2) is 50.7 Å². The highest BCUT2D eigenvalue weighted by Crippen LogP contribution is 2.27. The predicted molar refractivity (Wildman–Crippen MR) is 98.0 cm³/mol. The van der Waals surface area contributed by atoms with E-state index in [0.717, 1.165) is 31.7 Å². The topological polar surface area (TPSA) is 130 Å².